The quantitative estimate of drug-likeness (QED) is 0.376. The lowest BCUT2D eigenvalue weighted by molar-refractivity contribution is -0.0530. The third kappa shape index (κ3) is 3.65. The Morgan fingerprint density at radius 1 is 1.57 bits per heavy atom. The van der Waals surface area contributed by atoms with Crippen molar-refractivity contribution in [2.75, 3.05) is 12.3 Å². The summed E-state index contributed by atoms with van der Waals surface area (Å²) in [7, 11) is 0. The van der Waals surface area contributed by atoms with Crippen molar-refractivity contribution in [1.29, 1.82) is 0 Å². The Kier molecular flexibility index (Phi) is 4.76. The van der Waals surface area contributed by atoms with Gasteiger partial charge in [-0.3, -0.25) is 9.09 Å². The van der Waals surface area contributed by atoms with E-state index in [0.29, 0.717) is 0 Å². The van der Waals surface area contributed by atoms with Crippen molar-refractivity contribution in [3.05, 3.63) is 22.7 Å². The van der Waals surface area contributed by atoms with Crippen LogP contribution in [-0.4, -0.2) is 54.5 Å². The summed E-state index contributed by atoms with van der Waals surface area (Å²) in [6, 6.07) is 1.31. The number of nitrogen functional groups attached to an aromatic ring is 1. The zero-order chi connectivity index (χ0) is 15.8. The van der Waals surface area contributed by atoms with Crippen LogP contribution in [0.5, 0.6) is 0 Å². The summed E-state index contributed by atoms with van der Waals surface area (Å²) in [6.45, 7) is -4.68. The second-order valence-electron chi connectivity index (χ2n) is 4.34. The molecule has 1 aliphatic rings. The molecule has 6 N–H and O–H groups in total. The van der Waals surface area contributed by atoms with Gasteiger partial charge >= 0.3 is 12.4 Å². The molecule has 0 spiro atoms. The highest BCUT2D eigenvalue weighted by molar-refractivity contribution is 8.06. The van der Waals surface area contributed by atoms with Crippen LogP contribution in [0.15, 0.2) is 17.1 Å². The fraction of sp³-hybridized carbons (Fsp3) is 0.556. The Morgan fingerprint density at radius 3 is 2.76 bits per heavy atom. The zero-order valence-corrected chi connectivity index (χ0v) is 12.2. The highest BCUT2D eigenvalue weighted by atomic mass is 32.5. The zero-order valence-electron chi connectivity index (χ0n) is 10.5. The first kappa shape index (κ1) is 16.5. The maximum Gasteiger partial charge on any atom is 0.351 e. The molecule has 2 rings (SSSR count). The van der Waals surface area contributed by atoms with Crippen LogP contribution in [0.25, 0.3) is 0 Å². The Hall–Kier alpha value is -0.910. The molecule has 12 heteroatoms. The maximum atomic E-state index is 11.8. The van der Waals surface area contributed by atoms with Crippen molar-refractivity contribution in [2.45, 2.75) is 24.5 Å². The van der Waals surface area contributed by atoms with E-state index in [-0.39, 0.29) is 5.82 Å². The first-order valence-electron chi connectivity index (χ1n) is 5.76. The highest BCUT2D eigenvalue weighted by Gasteiger charge is 2.47. The number of rotatable bonds is 4. The number of hydrogen-bond acceptors (Lipinski definition) is 8. The second-order valence-corrected chi connectivity index (χ2v) is 6.96. The van der Waals surface area contributed by atoms with Gasteiger partial charge in [-0.15, -0.1) is 0 Å². The molecule has 0 aromatic carbocycles. The highest BCUT2D eigenvalue weighted by Crippen LogP contribution is 2.44. The van der Waals surface area contributed by atoms with Gasteiger partial charge in [-0.1, -0.05) is 0 Å². The van der Waals surface area contributed by atoms with Crippen molar-refractivity contribution >= 4 is 24.3 Å². The number of aromatic nitrogens is 2. The van der Waals surface area contributed by atoms with E-state index in [4.69, 9.17) is 20.1 Å². The standard InChI is InChI=1S/C9H14N3O7PS/c10-5-1-2-12(9(15)11-5)8-7(19-20(16,17)21)6(14)4(3-13)18-8/h1-2,4,6-8,13-14H,3H2,(H2,10,11,15)(H2,16,17,21)/t4-,6-,7-,8-/m1/s1. The molecular formula is C9H14N3O7PS. The number of anilines is 1. The van der Waals surface area contributed by atoms with Crippen molar-refractivity contribution in [3.8, 4) is 0 Å². The van der Waals surface area contributed by atoms with Crippen LogP contribution >= 0.6 is 6.72 Å². The molecule has 1 aromatic heterocycles. The lowest BCUT2D eigenvalue weighted by atomic mass is 10.1. The molecule has 0 aliphatic carbocycles. The summed E-state index contributed by atoms with van der Waals surface area (Å²) < 4.78 is 11.1. The SMILES string of the molecule is Nc1ccn([C@@H]2O[C@H](CO)[C@@H](O)[C@H]2OP(O)(O)=S)c(=O)n1. The Labute approximate surface area is 123 Å². The van der Waals surface area contributed by atoms with Gasteiger partial charge in [0.25, 0.3) is 0 Å². The number of nitrogens with two attached hydrogens (primary N) is 1. The van der Waals surface area contributed by atoms with E-state index < -0.39 is 43.6 Å². The third-order valence-corrected chi connectivity index (χ3v) is 3.65. The average Bonchev–Trinajstić information content (AvgIpc) is 2.65. The number of aliphatic hydroxyl groups excluding tert-OH is 2. The third-order valence-electron chi connectivity index (χ3n) is 2.88. The fourth-order valence-electron chi connectivity index (χ4n) is 1.98. The molecule has 2 heterocycles. The minimum Gasteiger partial charge on any atom is -0.394 e. The Balaban J connectivity index is 2.39. The number of aliphatic hydroxyl groups is 2. The number of ether oxygens (including phenoxy) is 1. The molecule has 21 heavy (non-hydrogen) atoms. The maximum absolute atomic E-state index is 11.8. The van der Waals surface area contributed by atoms with Crippen molar-refractivity contribution < 1.29 is 29.3 Å². The van der Waals surface area contributed by atoms with Gasteiger partial charge in [-0.25, -0.2) is 4.79 Å². The first-order chi connectivity index (χ1) is 9.73. The predicted molar refractivity (Wildman–Crippen MR) is 73.5 cm³/mol. The molecule has 0 bridgehead atoms. The van der Waals surface area contributed by atoms with E-state index in [0.717, 1.165) is 4.57 Å². The molecule has 0 saturated carbocycles. The fourth-order valence-corrected chi connectivity index (χ4v) is 2.83. The molecule has 1 aliphatic heterocycles. The lowest BCUT2D eigenvalue weighted by Crippen LogP contribution is -2.37. The van der Waals surface area contributed by atoms with Gasteiger partial charge in [-0.05, 0) is 17.9 Å². The van der Waals surface area contributed by atoms with Gasteiger partial charge in [-0.2, -0.15) is 4.98 Å². The van der Waals surface area contributed by atoms with Crippen LogP contribution in [0.2, 0.25) is 0 Å². The van der Waals surface area contributed by atoms with Crippen molar-refractivity contribution in [2.24, 2.45) is 0 Å². The summed E-state index contributed by atoms with van der Waals surface area (Å²) in [6.07, 6.45) is -3.83. The van der Waals surface area contributed by atoms with Crippen LogP contribution in [0.1, 0.15) is 6.23 Å². The predicted octanol–water partition coefficient (Wildman–Crippen LogP) is -2.33. The Morgan fingerprint density at radius 2 is 2.24 bits per heavy atom. The second kappa shape index (κ2) is 6.07. The molecular weight excluding hydrogens is 325 g/mol. The summed E-state index contributed by atoms with van der Waals surface area (Å²) >= 11 is 4.35. The normalized spacial score (nSPS) is 29.7. The lowest BCUT2D eigenvalue weighted by Gasteiger charge is -2.23. The average molecular weight is 339 g/mol. The summed E-state index contributed by atoms with van der Waals surface area (Å²) in [4.78, 5) is 33.8. The minimum absolute atomic E-state index is 0.0135. The molecule has 10 nitrogen and oxygen atoms in total. The number of nitrogens with zero attached hydrogens (tertiary/aromatic N) is 2. The van der Waals surface area contributed by atoms with Gasteiger partial charge < -0.3 is 30.5 Å². The van der Waals surface area contributed by atoms with Gasteiger partial charge in [0, 0.05) is 6.20 Å². The smallest absolute Gasteiger partial charge is 0.351 e. The largest absolute Gasteiger partial charge is 0.394 e. The van der Waals surface area contributed by atoms with Crippen molar-refractivity contribution in [3.63, 3.8) is 0 Å². The van der Waals surface area contributed by atoms with Gasteiger partial charge in [0.15, 0.2) is 6.23 Å². The minimum atomic E-state index is -4.12. The van der Waals surface area contributed by atoms with Crippen LogP contribution in [0, 0.1) is 0 Å². The van der Waals surface area contributed by atoms with Crippen LogP contribution in [0.4, 0.5) is 5.82 Å². The Bertz CT molecular complexity index is 620. The molecule has 118 valence electrons. The molecule has 0 amide bonds. The van der Waals surface area contributed by atoms with E-state index in [2.05, 4.69) is 16.8 Å². The topological polar surface area (TPSA) is 160 Å². The van der Waals surface area contributed by atoms with Crippen LogP contribution < -0.4 is 11.4 Å². The van der Waals surface area contributed by atoms with Gasteiger partial charge in [0.05, 0.1) is 6.61 Å². The summed E-state index contributed by atoms with van der Waals surface area (Å²) in [5.41, 5.74) is 4.58. The molecule has 1 aromatic rings. The molecule has 0 unspecified atom stereocenters. The van der Waals surface area contributed by atoms with E-state index in [9.17, 15) is 19.7 Å². The van der Waals surface area contributed by atoms with E-state index >= 15 is 0 Å². The molecule has 4 atom stereocenters. The summed E-state index contributed by atoms with van der Waals surface area (Å²) in [5, 5.41) is 19.1. The van der Waals surface area contributed by atoms with E-state index in [1.165, 1.54) is 12.3 Å². The molecule has 1 fully saturated rings. The van der Waals surface area contributed by atoms with Crippen LogP contribution in [0.3, 0.4) is 0 Å². The van der Waals surface area contributed by atoms with Crippen LogP contribution in [-0.2, 0) is 21.1 Å². The van der Waals surface area contributed by atoms with E-state index in [1.54, 1.807) is 0 Å². The van der Waals surface area contributed by atoms with E-state index in [1.807, 2.05) is 0 Å². The first-order valence-corrected chi connectivity index (χ1v) is 8.38. The van der Waals surface area contributed by atoms with Crippen molar-refractivity contribution in [1.82, 2.24) is 9.55 Å². The summed E-state index contributed by atoms with van der Waals surface area (Å²) in [5.74, 6) is -0.0135. The number of hydrogen-bond donors (Lipinski definition) is 5. The molecule has 1 saturated heterocycles. The monoisotopic (exact) mass is 339 g/mol. The molecule has 0 radical (unpaired) electrons. The van der Waals surface area contributed by atoms with Gasteiger partial charge in [0.1, 0.15) is 24.1 Å². The van der Waals surface area contributed by atoms with Gasteiger partial charge in [0.2, 0.25) is 0 Å².